The second-order valence-electron chi connectivity index (χ2n) is 5.23. The van der Waals surface area contributed by atoms with Crippen molar-refractivity contribution in [2.24, 2.45) is 0 Å². The van der Waals surface area contributed by atoms with Crippen LogP contribution in [0.1, 0.15) is 12.0 Å². The van der Waals surface area contributed by atoms with Crippen LogP contribution in [0.4, 0.5) is 5.69 Å². The maximum Gasteiger partial charge on any atom is 0.0633 e. The fourth-order valence-electron chi connectivity index (χ4n) is 2.62. The number of likely N-dealkylation sites (N-methyl/N-ethyl adjacent to an activating group) is 1. The molecule has 17 heavy (non-hydrogen) atoms. The molecule has 94 valence electrons. The summed E-state index contributed by atoms with van der Waals surface area (Å²) in [7, 11) is 4.11. The molecule has 0 bridgehead atoms. The lowest BCUT2D eigenvalue weighted by molar-refractivity contribution is 0.0867. The summed E-state index contributed by atoms with van der Waals surface area (Å²) in [6.45, 7) is 4.29. The van der Waals surface area contributed by atoms with Crippen LogP contribution in [0.3, 0.4) is 0 Å². The highest BCUT2D eigenvalue weighted by atomic mass is 16.3. The first kappa shape index (κ1) is 12.4. The lowest BCUT2D eigenvalue weighted by Crippen LogP contribution is -2.49. The highest BCUT2D eigenvalue weighted by molar-refractivity contribution is 5.54. The number of hydrogen-bond acceptors (Lipinski definition) is 3. The van der Waals surface area contributed by atoms with Gasteiger partial charge in [-0.2, -0.15) is 0 Å². The summed E-state index contributed by atoms with van der Waals surface area (Å²) < 4.78 is 0. The molecule has 1 fully saturated rings. The van der Waals surface area contributed by atoms with Gasteiger partial charge in [0, 0.05) is 18.8 Å². The van der Waals surface area contributed by atoms with E-state index < -0.39 is 0 Å². The lowest BCUT2D eigenvalue weighted by atomic mass is 9.98. The standard InChI is InChI=1S/C14H22N2O/c1-12-6-4-5-7-13(12)16-9-8-14(10-16,11-17)15(2)3/h4-7,17H,8-11H2,1-3H3. The Morgan fingerprint density at radius 3 is 2.59 bits per heavy atom. The van der Waals surface area contributed by atoms with Crippen molar-refractivity contribution in [3.8, 4) is 0 Å². The molecule has 3 heteroatoms. The van der Waals surface area contributed by atoms with Gasteiger partial charge in [0.25, 0.3) is 0 Å². The van der Waals surface area contributed by atoms with Gasteiger partial charge in [0.1, 0.15) is 0 Å². The van der Waals surface area contributed by atoms with Crippen molar-refractivity contribution in [3.05, 3.63) is 29.8 Å². The van der Waals surface area contributed by atoms with Crippen molar-refractivity contribution in [2.75, 3.05) is 38.7 Å². The van der Waals surface area contributed by atoms with Crippen molar-refractivity contribution in [1.82, 2.24) is 4.90 Å². The average molecular weight is 234 g/mol. The van der Waals surface area contributed by atoms with E-state index in [1.807, 2.05) is 0 Å². The molecule has 0 amide bonds. The Labute approximate surface area is 104 Å². The van der Waals surface area contributed by atoms with E-state index in [1.54, 1.807) is 0 Å². The van der Waals surface area contributed by atoms with E-state index in [1.165, 1.54) is 11.3 Å². The summed E-state index contributed by atoms with van der Waals surface area (Å²) in [5.41, 5.74) is 2.52. The van der Waals surface area contributed by atoms with E-state index in [0.717, 1.165) is 19.5 Å². The van der Waals surface area contributed by atoms with E-state index in [2.05, 4.69) is 55.1 Å². The van der Waals surface area contributed by atoms with Gasteiger partial charge in [0.05, 0.1) is 12.1 Å². The predicted octanol–water partition coefficient (Wildman–Crippen LogP) is 1.50. The van der Waals surface area contributed by atoms with Crippen molar-refractivity contribution in [2.45, 2.75) is 18.9 Å². The van der Waals surface area contributed by atoms with Gasteiger partial charge >= 0.3 is 0 Å². The summed E-state index contributed by atoms with van der Waals surface area (Å²) in [5.74, 6) is 0. The smallest absolute Gasteiger partial charge is 0.0633 e. The number of para-hydroxylation sites is 1. The Kier molecular flexibility index (Phi) is 3.40. The quantitative estimate of drug-likeness (QED) is 0.858. The van der Waals surface area contributed by atoms with Gasteiger partial charge in [-0.05, 0) is 39.1 Å². The summed E-state index contributed by atoms with van der Waals surface area (Å²) in [6, 6.07) is 8.46. The SMILES string of the molecule is Cc1ccccc1N1CCC(CO)(N(C)C)C1. The predicted molar refractivity (Wildman–Crippen MR) is 71.5 cm³/mol. The minimum absolute atomic E-state index is 0.0811. The van der Waals surface area contributed by atoms with Gasteiger partial charge in [0.2, 0.25) is 0 Å². The fourth-order valence-corrected chi connectivity index (χ4v) is 2.62. The van der Waals surface area contributed by atoms with Crippen LogP contribution in [0.25, 0.3) is 0 Å². The van der Waals surface area contributed by atoms with Gasteiger partial charge in [-0.3, -0.25) is 4.90 Å². The van der Waals surface area contributed by atoms with Gasteiger partial charge in [-0.15, -0.1) is 0 Å². The maximum atomic E-state index is 9.65. The van der Waals surface area contributed by atoms with Crippen LogP contribution in [-0.2, 0) is 0 Å². The zero-order valence-electron chi connectivity index (χ0n) is 11.0. The zero-order chi connectivity index (χ0) is 12.5. The Hall–Kier alpha value is -1.06. The molecule has 0 radical (unpaired) electrons. The Morgan fingerprint density at radius 2 is 2.06 bits per heavy atom. The lowest BCUT2D eigenvalue weighted by Gasteiger charge is -2.34. The molecule has 1 heterocycles. The molecule has 0 aliphatic carbocycles. The molecular formula is C14H22N2O. The van der Waals surface area contributed by atoms with Crippen LogP contribution in [0.2, 0.25) is 0 Å². The number of aliphatic hydroxyl groups excluding tert-OH is 1. The molecule has 0 aromatic heterocycles. The van der Waals surface area contributed by atoms with E-state index in [9.17, 15) is 5.11 Å². The number of anilines is 1. The van der Waals surface area contributed by atoms with Crippen LogP contribution in [0.15, 0.2) is 24.3 Å². The Balaban J connectivity index is 2.20. The molecule has 1 aromatic rings. The summed E-state index contributed by atoms with van der Waals surface area (Å²) in [5, 5.41) is 9.65. The second kappa shape index (κ2) is 4.67. The Morgan fingerprint density at radius 1 is 1.35 bits per heavy atom. The van der Waals surface area contributed by atoms with E-state index in [0.29, 0.717) is 0 Å². The zero-order valence-corrected chi connectivity index (χ0v) is 11.0. The molecule has 1 aromatic carbocycles. The van der Waals surface area contributed by atoms with Crippen LogP contribution in [0.5, 0.6) is 0 Å². The van der Waals surface area contributed by atoms with E-state index in [4.69, 9.17) is 0 Å². The van der Waals surface area contributed by atoms with Crippen molar-refractivity contribution >= 4 is 5.69 Å². The minimum Gasteiger partial charge on any atom is -0.394 e. The molecule has 1 atom stereocenters. The van der Waals surface area contributed by atoms with Gasteiger partial charge < -0.3 is 10.0 Å². The topological polar surface area (TPSA) is 26.7 Å². The van der Waals surface area contributed by atoms with E-state index >= 15 is 0 Å². The highest BCUT2D eigenvalue weighted by Crippen LogP contribution is 2.31. The normalized spacial score (nSPS) is 24.6. The summed E-state index contributed by atoms with van der Waals surface area (Å²) in [6.07, 6.45) is 1.02. The molecule has 3 nitrogen and oxygen atoms in total. The molecule has 0 saturated carbocycles. The number of benzene rings is 1. The van der Waals surface area contributed by atoms with Crippen LogP contribution < -0.4 is 4.90 Å². The first-order chi connectivity index (χ1) is 8.09. The number of aryl methyl sites for hydroxylation is 1. The second-order valence-corrected chi connectivity index (χ2v) is 5.23. The Bertz CT molecular complexity index is 392. The van der Waals surface area contributed by atoms with Gasteiger partial charge in [-0.1, -0.05) is 18.2 Å². The number of aliphatic hydroxyl groups is 1. The van der Waals surface area contributed by atoms with Crippen LogP contribution in [0, 0.1) is 6.92 Å². The number of hydrogen-bond donors (Lipinski definition) is 1. The largest absolute Gasteiger partial charge is 0.394 e. The molecule has 1 unspecified atom stereocenters. The van der Waals surface area contributed by atoms with Crippen molar-refractivity contribution in [1.29, 1.82) is 0 Å². The number of rotatable bonds is 3. The van der Waals surface area contributed by atoms with Crippen LogP contribution >= 0.6 is 0 Å². The van der Waals surface area contributed by atoms with Gasteiger partial charge in [-0.25, -0.2) is 0 Å². The van der Waals surface area contributed by atoms with E-state index in [-0.39, 0.29) is 12.1 Å². The molecule has 0 spiro atoms. The van der Waals surface area contributed by atoms with Crippen molar-refractivity contribution < 1.29 is 5.11 Å². The third-order valence-electron chi connectivity index (χ3n) is 4.03. The maximum absolute atomic E-state index is 9.65. The monoisotopic (exact) mass is 234 g/mol. The van der Waals surface area contributed by atoms with Crippen LogP contribution in [-0.4, -0.2) is 49.3 Å². The fraction of sp³-hybridized carbons (Fsp3) is 0.571. The molecule has 2 rings (SSSR count). The molecular weight excluding hydrogens is 212 g/mol. The molecule has 1 aliphatic rings. The van der Waals surface area contributed by atoms with Crippen molar-refractivity contribution in [3.63, 3.8) is 0 Å². The third kappa shape index (κ3) is 2.17. The molecule has 1 aliphatic heterocycles. The highest BCUT2D eigenvalue weighted by Gasteiger charge is 2.39. The average Bonchev–Trinajstić information content (AvgIpc) is 2.75. The first-order valence-corrected chi connectivity index (χ1v) is 6.18. The molecule has 1 N–H and O–H groups in total. The third-order valence-corrected chi connectivity index (χ3v) is 4.03. The minimum atomic E-state index is -0.0811. The molecule has 1 saturated heterocycles. The number of nitrogens with zero attached hydrogens (tertiary/aromatic N) is 2. The summed E-state index contributed by atoms with van der Waals surface area (Å²) in [4.78, 5) is 4.54. The van der Waals surface area contributed by atoms with Gasteiger partial charge in [0.15, 0.2) is 0 Å². The summed E-state index contributed by atoms with van der Waals surface area (Å²) >= 11 is 0. The first-order valence-electron chi connectivity index (χ1n) is 6.18.